The highest BCUT2D eigenvalue weighted by Gasteiger charge is 2.26. The lowest BCUT2D eigenvalue weighted by atomic mass is 10.1. The van der Waals surface area contributed by atoms with Gasteiger partial charge in [0.15, 0.2) is 0 Å². The van der Waals surface area contributed by atoms with Crippen molar-refractivity contribution in [2.45, 2.75) is 79.6 Å². The van der Waals surface area contributed by atoms with E-state index in [1.807, 2.05) is 55.4 Å². The van der Waals surface area contributed by atoms with Gasteiger partial charge in [0.25, 0.3) is 11.8 Å². The molecule has 1 rings (SSSR count). The summed E-state index contributed by atoms with van der Waals surface area (Å²) in [5, 5.41) is 0. The molecule has 24 heavy (non-hydrogen) atoms. The zero-order valence-corrected chi connectivity index (χ0v) is 16.2. The maximum Gasteiger partial charge on any atom is 0.272 e. The van der Waals surface area contributed by atoms with Crippen molar-refractivity contribution in [3.8, 4) is 0 Å². The van der Waals surface area contributed by atoms with Crippen LogP contribution in [0.4, 0.5) is 0 Å². The minimum Gasteiger partial charge on any atom is -0.332 e. The summed E-state index contributed by atoms with van der Waals surface area (Å²) >= 11 is 0. The SMILES string of the molecule is CC(C)N(C(=O)c1cccc(C(=O)N(C(C)C)C(C)C)n1)C(C)C. The van der Waals surface area contributed by atoms with Crippen LogP contribution in [0.1, 0.15) is 76.4 Å². The van der Waals surface area contributed by atoms with Gasteiger partial charge in [-0.15, -0.1) is 0 Å². The molecule has 1 aromatic rings. The third kappa shape index (κ3) is 4.56. The van der Waals surface area contributed by atoms with Crippen LogP contribution in [-0.2, 0) is 0 Å². The van der Waals surface area contributed by atoms with Crippen molar-refractivity contribution in [1.82, 2.24) is 14.8 Å². The van der Waals surface area contributed by atoms with E-state index in [0.29, 0.717) is 11.4 Å². The predicted molar refractivity (Wildman–Crippen MR) is 97.1 cm³/mol. The van der Waals surface area contributed by atoms with Crippen LogP contribution in [0.3, 0.4) is 0 Å². The number of hydrogen-bond donors (Lipinski definition) is 0. The Balaban J connectivity index is 3.18. The second-order valence-electron chi connectivity index (χ2n) is 7.21. The predicted octanol–water partition coefficient (Wildman–Crippen LogP) is 3.60. The molecule has 0 fully saturated rings. The minimum absolute atomic E-state index is 0.0708. The van der Waals surface area contributed by atoms with Crippen molar-refractivity contribution in [1.29, 1.82) is 0 Å². The van der Waals surface area contributed by atoms with E-state index < -0.39 is 0 Å². The number of pyridine rings is 1. The Morgan fingerprint density at radius 2 is 1.00 bits per heavy atom. The van der Waals surface area contributed by atoms with Crippen molar-refractivity contribution in [3.05, 3.63) is 29.6 Å². The largest absolute Gasteiger partial charge is 0.332 e. The number of aromatic nitrogens is 1. The Morgan fingerprint density at radius 1 is 0.708 bits per heavy atom. The van der Waals surface area contributed by atoms with Gasteiger partial charge in [0.05, 0.1) is 0 Å². The van der Waals surface area contributed by atoms with Crippen molar-refractivity contribution in [2.75, 3.05) is 0 Å². The van der Waals surface area contributed by atoms with E-state index in [9.17, 15) is 9.59 Å². The first-order chi connectivity index (χ1) is 11.1. The average Bonchev–Trinajstić information content (AvgIpc) is 2.45. The Hall–Kier alpha value is -1.91. The van der Waals surface area contributed by atoms with Crippen LogP contribution in [0.2, 0.25) is 0 Å². The highest BCUT2D eigenvalue weighted by Crippen LogP contribution is 2.14. The van der Waals surface area contributed by atoms with Crippen molar-refractivity contribution in [3.63, 3.8) is 0 Å². The third-order valence-electron chi connectivity index (χ3n) is 3.88. The van der Waals surface area contributed by atoms with E-state index in [4.69, 9.17) is 0 Å². The Bertz CT molecular complexity index is 516. The van der Waals surface area contributed by atoms with Gasteiger partial charge >= 0.3 is 0 Å². The van der Waals surface area contributed by atoms with Gasteiger partial charge in [-0.25, -0.2) is 4.98 Å². The topological polar surface area (TPSA) is 53.5 Å². The summed E-state index contributed by atoms with van der Waals surface area (Å²) in [4.78, 5) is 33.5. The summed E-state index contributed by atoms with van der Waals surface area (Å²) in [7, 11) is 0. The number of nitrogens with zero attached hydrogens (tertiary/aromatic N) is 3. The normalized spacial score (nSPS) is 11.5. The quantitative estimate of drug-likeness (QED) is 0.799. The minimum atomic E-state index is -0.143. The molecule has 0 atom stereocenters. The lowest BCUT2D eigenvalue weighted by Gasteiger charge is -2.31. The van der Waals surface area contributed by atoms with Gasteiger partial charge < -0.3 is 9.80 Å². The molecule has 0 radical (unpaired) electrons. The molecule has 0 aromatic carbocycles. The number of hydrogen-bond acceptors (Lipinski definition) is 3. The molecule has 0 bridgehead atoms. The number of carbonyl (C=O) groups excluding carboxylic acids is 2. The van der Waals surface area contributed by atoms with Gasteiger partial charge in [0, 0.05) is 24.2 Å². The van der Waals surface area contributed by atoms with Crippen LogP contribution in [0.5, 0.6) is 0 Å². The summed E-state index contributed by atoms with van der Waals surface area (Å²) in [6, 6.07) is 5.36. The fourth-order valence-electron chi connectivity index (χ4n) is 3.07. The fourth-order valence-corrected chi connectivity index (χ4v) is 3.07. The molecular weight excluding hydrogens is 302 g/mol. The Morgan fingerprint density at radius 3 is 1.25 bits per heavy atom. The van der Waals surface area contributed by atoms with E-state index in [-0.39, 0.29) is 36.0 Å². The summed E-state index contributed by atoms with van der Waals surface area (Å²) in [6.45, 7) is 15.8. The van der Waals surface area contributed by atoms with Crippen LogP contribution >= 0.6 is 0 Å². The van der Waals surface area contributed by atoms with E-state index in [1.54, 1.807) is 28.0 Å². The van der Waals surface area contributed by atoms with Gasteiger partial charge in [0.2, 0.25) is 0 Å². The average molecular weight is 333 g/mol. The van der Waals surface area contributed by atoms with Crippen molar-refractivity contribution < 1.29 is 9.59 Å². The van der Waals surface area contributed by atoms with Crippen molar-refractivity contribution >= 4 is 11.8 Å². The van der Waals surface area contributed by atoms with Crippen LogP contribution in [0, 0.1) is 0 Å². The Kier molecular flexibility index (Phi) is 6.93. The van der Waals surface area contributed by atoms with Gasteiger partial charge in [-0.3, -0.25) is 9.59 Å². The second-order valence-corrected chi connectivity index (χ2v) is 7.21. The molecule has 0 spiro atoms. The van der Waals surface area contributed by atoms with E-state index in [2.05, 4.69) is 4.98 Å². The van der Waals surface area contributed by atoms with Gasteiger partial charge in [-0.1, -0.05) is 6.07 Å². The molecule has 0 N–H and O–H groups in total. The van der Waals surface area contributed by atoms with Crippen LogP contribution in [0.25, 0.3) is 0 Å². The molecule has 0 aliphatic carbocycles. The smallest absolute Gasteiger partial charge is 0.272 e. The van der Waals surface area contributed by atoms with E-state index >= 15 is 0 Å². The first-order valence-corrected chi connectivity index (χ1v) is 8.70. The lowest BCUT2D eigenvalue weighted by Crippen LogP contribution is -2.43. The van der Waals surface area contributed by atoms with E-state index in [0.717, 1.165) is 0 Å². The fraction of sp³-hybridized carbons (Fsp3) is 0.632. The monoisotopic (exact) mass is 333 g/mol. The van der Waals surface area contributed by atoms with Gasteiger partial charge in [-0.2, -0.15) is 0 Å². The molecule has 0 aliphatic rings. The molecule has 1 aromatic heterocycles. The van der Waals surface area contributed by atoms with Crippen molar-refractivity contribution in [2.24, 2.45) is 0 Å². The van der Waals surface area contributed by atoms with Crippen LogP contribution in [0.15, 0.2) is 18.2 Å². The molecule has 0 aliphatic heterocycles. The number of carbonyl (C=O) groups is 2. The molecule has 5 nitrogen and oxygen atoms in total. The maximum atomic E-state index is 12.8. The summed E-state index contributed by atoms with van der Waals surface area (Å²) < 4.78 is 0. The molecule has 134 valence electrons. The van der Waals surface area contributed by atoms with E-state index in [1.165, 1.54) is 0 Å². The highest BCUT2D eigenvalue weighted by atomic mass is 16.2. The first kappa shape index (κ1) is 20.1. The number of amides is 2. The van der Waals surface area contributed by atoms with Crippen LogP contribution < -0.4 is 0 Å². The second kappa shape index (κ2) is 8.27. The summed E-state index contributed by atoms with van der Waals surface area (Å²) in [5.41, 5.74) is 0.631. The Labute approximate surface area is 146 Å². The lowest BCUT2D eigenvalue weighted by molar-refractivity contribution is 0.0631. The molecule has 5 heteroatoms. The number of rotatable bonds is 6. The van der Waals surface area contributed by atoms with Crippen LogP contribution in [-0.4, -0.2) is 50.8 Å². The first-order valence-electron chi connectivity index (χ1n) is 8.70. The molecule has 0 saturated carbocycles. The van der Waals surface area contributed by atoms with Gasteiger partial charge in [0.1, 0.15) is 11.4 Å². The summed E-state index contributed by atoms with van der Waals surface area (Å²) in [6.07, 6.45) is 0. The standard InChI is InChI=1S/C19H31N3O2/c1-12(2)21(13(3)4)18(23)16-10-9-11-17(20-16)19(24)22(14(5)6)15(7)8/h9-15H,1-8H3. The maximum absolute atomic E-state index is 12.8. The third-order valence-corrected chi connectivity index (χ3v) is 3.88. The molecule has 0 unspecified atom stereocenters. The molecule has 1 heterocycles. The zero-order valence-electron chi connectivity index (χ0n) is 16.2. The molecule has 2 amide bonds. The van der Waals surface area contributed by atoms with Gasteiger partial charge in [-0.05, 0) is 67.5 Å². The highest BCUT2D eigenvalue weighted by molar-refractivity contribution is 5.96. The molecule has 0 saturated heterocycles. The zero-order chi connectivity index (χ0) is 18.6. The molecular formula is C19H31N3O2. The summed E-state index contributed by atoms with van der Waals surface area (Å²) in [5.74, 6) is -0.286.